The third kappa shape index (κ3) is 2.73. The van der Waals surface area contributed by atoms with E-state index in [1.165, 1.54) is 51.4 Å². The third-order valence-corrected chi connectivity index (χ3v) is 4.27. The molecular weight excluding hydrogens is 186 g/mol. The lowest BCUT2D eigenvalue weighted by Crippen LogP contribution is -2.26. The van der Waals surface area contributed by atoms with Crippen molar-refractivity contribution < 1.29 is 4.74 Å². The lowest BCUT2D eigenvalue weighted by molar-refractivity contribution is -0.0399. The minimum atomic E-state index is 0.327. The van der Waals surface area contributed by atoms with Gasteiger partial charge < -0.3 is 10.1 Å². The van der Waals surface area contributed by atoms with E-state index in [0.717, 1.165) is 0 Å². The van der Waals surface area contributed by atoms with Crippen molar-refractivity contribution in [2.75, 3.05) is 7.05 Å². The molecular formula is C13H25NO. The fourth-order valence-electron chi connectivity index (χ4n) is 3.07. The van der Waals surface area contributed by atoms with Crippen LogP contribution in [0.5, 0.6) is 0 Å². The molecule has 1 N–H and O–H groups in total. The van der Waals surface area contributed by atoms with Gasteiger partial charge in [-0.2, -0.15) is 0 Å². The Morgan fingerprint density at radius 1 is 1.33 bits per heavy atom. The Balaban J connectivity index is 1.73. The maximum atomic E-state index is 6.28. The maximum absolute atomic E-state index is 6.28. The van der Waals surface area contributed by atoms with Gasteiger partial charge in [-0.05, 0) is 52.5 Å². The SMILES string of the molecule is CNC(C)CCC1CCC2(CCCC2)O1. The van der Waals surface area contributed by atoms with Gasteiger partial charge in [0.2, 0.25) is 0 Å². The highest BCUT2D eigenvalue weighted by Crippen LogP contribution is 2.44. The van der Waals surface area contributed by atoms with E-state index in [1.807, 2.05) is 7.05 Å². The van der Waals surface area contributed by atoms with Gasteiger partial charge in [-0.15, -0.1) is 0 Å². The highest BCUT2D eigenvalue weighted by molar-refractivity contribution is 4.92. The third-order valence-electron chi connectivity index (χ3n) is 4.27. The van der Waals surface area contributed by atoms with Gasteiger partial charge in [0, 0.05) is 6.04 Å². The molecule has 0 bridgehead atoms. The van der Waals surface area contributed by atoms with Crippen LogP contribution in [0.4, 0.5) is 0 Å². The highest BCUT2D eigenvalue weighted by Gasteiger charge is 2.41. The number of hydrogen-bond acceptors (Lipinski definition) is 2. The minimum Gasteiger partial charge on any atom is -0.372 e. The van der Waals surface area contributed by atoms with Crippen LogP contribution in [0, 0.1) is 0 Å². The molecule has 1 aliphatic carbocycles. The van der Waals surface area contributed by atoms with Crippen LogP contribution >= 0.6 is 0 Å². The van der Waals surface area contributed by atoms with E-state index in [2.05, 4.69) is 12.2 Å². The van der Waals surface area contributed by atoms with E-state index < -0.39 is 0 Å². The van der Waals surface area contributed by atoms with E-state index in [0.29, 0.717) is 17.7 Å². The molecule has 1 spiro atoms. The van der Waals surface area contributed by atoms with Gasteiger partial charge in [-0.3, -0.25) is 0 Å². The molecule has 88 valence electrons. The monoisotopic (exact) mass is 211 g/mol. The topological polar surface area (TPSA) is 21.3 Å². The molecule has 1 saturated heterocycles. The second-order valence-corrected chi connectivity index (χ2v) is 5.44. The Labute approximate surface area is 93.8 Å². The average Bonchev–Trinajstić information content (AvgIpc) is 2.86. The Hall–Kier alpha value is -0.0800. The smallest absolute Gasteiger partial charge is 0.0687 e. The van der Waals surface area contributed by atoms with Crippen LogP contribution in [0.15, 0.2) is 0 Å². The number of hydrogen-bond donors (Lipinski definition) is 1. The van der Waals surface area contributed by atoms with Crippen molar-refractivity contribution in [3.05, 3.63) is 0 Å². The van der Waals surface area contributed by atoms with Crippen LogP contribution < -0.4 is 5.32 Å². The van der Waals surface area contributed by atoms with Crippen molar-refractivity contribution in [3.8, 4) is 0 Å². The lowest BCUT2D eigenvalue weighted by atomic mass is 9.97. The van der Waals surface area contributed by atoms with Crippen molar-refractivity contribution in [2.24, 2.45) is 0 Å². The zero-order valence-corrected chi connectivity index (χ0v) is 10.2. The molecule has 2 unspecified atom stereocenters. The predicted molar refractivity (Wildman–Crippen MR) is 63.1 cm³/mol. The molecule has 0 amide bonds. The number of nitrogens with one attached hydrogen (secondary N) is 1. The summed E-state index contributed by atoms with van der Waals surface area (Å²) in [6.07, 6.45) is 11.1. The Bertz CT molecular complexity index is 199. The van der Waals surface area contributed by atoms with Gasteiger partial charge in [0.15, 0.2) is 0 Å². The van der Waals surface area contributed by atoms with Crippen molar-refractivity contribution >= 4 is 0 Å². The lowest BCUT2D eigenvalue weighted by Gasteiger charge is -2.24. The van der Waals surface area contributed by atoms with Gasteiger partial charge in [0.25, 0.3) is 0 Å². The summed E-state index contributed by atoms with van der Waals surface area (Å²) in [5.41, 5.74) is 0.327. The molecule has 2 fully saturated rings. The van der Waals surface area contributed by atoms with Crippen molar-refractivity contribution in [3.63, 3.8) is 0 Å². The molecule has 2 aliphatic rings. The molecule has 1 aliphatic heterocycles. The molecule has 2 nitrogen and oxygen atoms in total. The first-order valence-electron chi connectivity index (χ1n) is 6.59. The van der Waals surface area contributed by atoms with Crippen molar-refractivity contribution in [2.45, 2.75) is 76.0 Å². The highest BCUT2D eigenvalue weighted by atomic mass is 16.5. The molecule has 0 radical (unpaired) electrons. The molecule has 2 atom stereocenters. The van der Waals surface area contributed by atoms with Crippen LogP contribution in [-0.4, -0.2) is 24.8 Å². The summed E-state index contributed by atoms with van der Waals surface area (Å²) in [7, 11) is 2.04. The summed E-state index contributed by atoms with van der Waals surface area (Å²) in [5, 5.41) is 3.29. The molecule has 0 aromatic carbocycles. The average molecular weight is 211 g/mol. The summed E-state index contributed by atoms with van der Waals surface area (Å²) in [6, 6.07) is 0.633. The van der Waals surface area contributed by atoms with E-state index in [-0.39, 0.29) is 0 Å². The van der Waals surface area contributed by atoms with E-state index in [4.69, 9.17) is 4.74 Å². The van der Waals surface area contributed by atoms with Crippen molar-refractivity contribution in [1.29, 1.82) is 0 Å². The Kier molecular flexibility index (Phi) is 3.68. The summed E-state index contributed by atoms with van der Waals surface area (Å²) in [5.74, 6) is 0. The molecule has 2 rings (SSSR count). The molecule has 15 heavy (non-hydrogen) atoms. The molecule has 0 aromatic heterocycles. The Morgan fingerprint density at radius 3 is 2.73 bits per heavy atom. The van der Waals surface area contributed by atoms with Gasteiger partial charge in [0.05, 0.1) is 11.7 Å². The normalized spacial score (nSPS) is 31.2. The fraction of sp³-hybridized carbons (Fsp3) is 1.00. The molecule has 1 heterocycles. The van der Waals surface area contributed by atoms with Gasteiger partial charge in [-0.25, -0.2) is 0 Å². The summed E-state index contributed by atoms with van der Waals surface area (Å²) >= 11 is 0. The summed E-state index contributed by atoms with van der Waals surface area (Å²) in [4.78, 5) is 0. The standard InChI is InChI=1S/C13H25NO/c1-11(14-2)5-6-12-7-10-13(15-12)8-3-4-9-13/h11-12,14H,3-10H2,1-2H3. The first-order valence-corrected chi connectivity index (χ1v) is 6.59. The van der Waals surface area contributed by atoms with Gasteiger partial charge in [0.1, 0.15) is 0 Å². The Morgan fingerprint density at radius 2 is 2.07 bits per heavy atom. The molecule has 0 aromatic rings. The fourth-order valence-corrected chi connectivity index (χ4v) is 3.07. The zero-order valence-electron chi connectivity index (χ0n) is 10.2. The van der Waals surface area contributed by atoms with Gasteiger partial charge >= 0.3 is 0 Å². The van der Waals surface area contributed by atoms with E-state index in [9.17, 15) is 0 Å². The summed E-state index contributed by atoms with van der Waals surface area (Å²) in [6.45, 7) is 2.25. The van der Waals surface area contributed by atoms with Crippen molar-refractivity contribution in [1.82, 2.24) is 5.32 Å². The van der Waals surface area contributed by atoms with Crippen LogP contribution in [0.3, 0.4) is 0 Å². The quantitative estimate of drug-likeness (QED) is 0.772. The molecule has 1 saturated carbocycles. The number of ether oxygens (including phenoxy) is 1. The second-order valence-electron chi connectivity index (χ2n) is 5.44. The largest absolute Gasteiger partial charge is 0.372 e. The summed E-state index contributed by atoms with van der Waals surface area (Å²) < 4.78 is 6.28. The van der Waals surface area contributed by atoms with E-state index >= 15 is 0 Å². The molecule has 2 heteroatoms. The van der Waals surface area contributed by atoms with Crippen LogP contribution in [-0.2, 0) is 4.74 Å². The first kappa shape index (κ1) is 11.4. The zero-order chi connectivity index (χ0) is 10.7. The van der Waals surface area contributed by atoms with Gasteiger partial charge in [-0.1, -0.05) is 12.8 Å². The maximum Gasteiger partial charge on any atom is 0.0687 e. The predicted octanol–water partition coefficient (Wildman–Crippen LogP) is 2.87. The van der Waals surface area contributed by atoms with E-state index in [1.54, 1.807) is 0 Å². The minimum absolute atomic E-state index is 0.327. The number of rotatable bonds is 4. The van der Waals surface area contributed by atoms with Crippen LogP contribution in [0.25, 0.3) is 0 Å². The van der Waals surface area contributed by atoms with Crippen LogP contribution in [0.1, 0.15) is 58.3 Å². The van der Waals surface area contributed by atoms with Crippen LogP contribution in [0.2, 0.25) is 0 Å². The second kappa shape index (κ2) is 4.84. The first-order chi connectivity index (χ1) is 7.24.